The van der Waals surface area contributed by atoms with Gasteiger partial charge in [0.2, 0.25) is 6.79 Å². The standard InChI is InChI=1S/C27H30N6O3/c1-17-11-18(2)24-20(12-17)14-21(27(34)28-24)25(32-9-5-3-4-6-10-32)26-29-30-31-33(26)15-19-7-8-22-23(13-19)36-16-35-22/h7-8,11-14,25H,3-6,9-10,15-16H2,1-2H3,(H,28,34). The van der Waals surface area contributed by atoms with E-state index in [2.05, 4.69) is 44.5 Å². The number of tetrazole rings is 1. The minimum Gasteiger partial charge on any atom is -0.454 e. The number of benzene rings is 2. The maximum atomic E-state index is 13.5. The lowest BCUT2D eigenvalue weighted by Crippen LogP contribution is -2.36. The molecule has 0 aliphatic carbocycles. The molecule has 2 aromatic heterocycles. The number of aromatic nitrogens is 5. The van der Waals surface area contributed by atoms with Crippen LogP contribution in [0, 0.1) is 13.8 Å². The second-order valence-electron chi connectivity index (χ2n) is 9.83. The molecule has 1 unspecified atom stereocenters. The SMILES string of the molecule is Cc1cc(C)c2[nH]c(=O)c(C(c3nnnn3Cc3ccc4c(c3)OCO4)N3CCCCCC3)cc2c1. The highest BCUT2D eigenvalue weighted by Gasteiger charge is 2.31. The quantitative estimate of drug-likeness (QED) is 0.457. The zero-order valence-corrected chi connectivity index (χ0v) is 20.7. The normalized spacial score (nSPS) is 16.8. The lowest BCUT2D eigenvalue weighted by atomic mass is 10.0. The van der Waals surface area contributed by atoms with Gasteiger partial charge in [0.15, 0.2) is 17.3 Å². The minimum absolute atomic E-state index is 0.0960. The smallest absolute Gasteiger partial charge is 0.253 e. The predicted octanol–water partition coefficient (Wildman–Crippen LogP) is 3.87. The van der Waals surface area contributed by atoms with E-state index in [1.54, 1.807) is 4.68 Å². The van der Waals surface area contributed by atoms with E-state index < -0.39 is 0 Å². The highest BCUT2D eigenvalue weighted by atomic mass is 16.7. The van der Waals surface area contributed by atoms with Gasteiger partial charge in [-0.25, -0.2) is 4.68 Å². The van der Waals surface area contributed by atoms with E-state index in [1.807, 2.05) is 31.2 Å². The van der Waals surface area contributed by atoms with Crippen LogP contribution in [0.3, 0.4) is 0 Å². The van der Waals surface area contributed by atoms with Crippen LogP contribution in [0.25, 0.3) is 10.9 Å². The molecule has 0 saturated carbocycles. The van der Waals surface area contributed by atoms with Gasteiger partial charge in [-0.15, -0.1) is 5.10 Å². The number of aryl methyl sites for hydroxylation is 2. The third-order valence-corrected chi connectivity index (χ3v) is 7.20. The Morgan fingerprint density at radius 1 is 1.00 bits per heavy atom. The van der Waals surface area contributed by atoms with Gasteiger partial charge in [0.05, 0.1) is 12.1 Å². The first-order chi connectivity index (χ1) is 17.6. The highest BCUT2D eigenvalue weighted by molar-refractivity contribution is 5.83. The molecule has 4 heterocycles. The van der Waals surface area contributed by atoms with Crippen molar-refractivity contribution in [1.29, 1.82) is 0 Å². The topological polar surface area (TPSA) is 98.2 Å². The highest BCUT2D eigenvalue weighted by Crippen LogP contribution is 2.34. The molecule has 9 heteroatoms. The number of nitrogens with zero attached hydrogens (tertiary/aromatic N) is 5. The first-order valence-corrected chi connectivity index (χ1v) is 12.6. The summed E-state index contributed by atoms with van der Waals surface area (Å²) < 4.78 is 12.8. The lowest BCUT2D eigenvalue weighted by Gasteiger charge is -2.29. The summed E-state index contributed by atoms with van der Waals surface area (Å²) in [6, 6.07) is 11.8. The number of likely N-dealkylation sites (tertiary alicyclic amines) is 1. The molecular weight excluding hydrogens is 456 g/mol. The van der Waals surface area contributed by atoms with Gasteiger partial charge in [0, 0.05) is 5.56 Å². The Kier molecular flexibility index (Phi) is 5.92. The number of rotatable bonds is 5. The molecule has 1 saturated heterocycles. The average molecular weight is 487 g/mol. The van der Waals surface area contributed by atoms with Gasteiger partial charge < -0.3 is 14.5 Å². The molecule has 0 radical (unpaired) electrons. The molecule has 1 N–H and O–H groups in total. The summed E-state index contributed by atoms with van der Waals surface area (Å²) in [4.78, 5) is 19.1. The molecule has 0 amide bonds. The number of hydrogen-bond donors (Lipinski definition) is 1. The van der Waals surface area contributed by atoms with Crippen molar-refractivity contribution < 1.29 is 9.47 Å². The van der Waals surface area contributed by atoms with Crippen LogP contribution in [0.4, 0.5) is 0 Å². The Morgan fingerprint density at radius 3 is 2.64 bits per heavy atom. The van der Waals surface area contributed by atoms with Crippen LogP contribution in [-0.2, 0) is 6.54 Å². The van der Waals surface area contributed by atoms with Gasteiger partial charge >= 0.3 is 0 Å². The lowest BCUT2D eigenvalue weighted by molar-refractivity contribution is 0.174. The van der Waals surface area contributed by atoms with Crippen molar-refractivity contribution in [2.24, 2.45) is 0 Å². The van der Waals surface area contributed by atoms with Crippen molar-refractivity contribution in [1.82, 2.24) is 30.1 Å². The molecule has 6 rings (SSSR count). The van der Waals surface area contributed by atoms with E-state index >= 15 is 0 Å². The van der Waals surface area contributed by atoms with Crippen molar-refractivity contribution in [3.63, 3.8) is 0 Å². The van der Waals surface area contributed by atoms with Crippen molar-refractivity contribution in [2.75, 3.05) is 19.9 Å². The predicted molar refractivity (Wildman–Crippen MR) is 135 cm³/mol. The summed E-state index contributed by atoms with van der Waals surface area (Å²) in [7, 11) is 0. The second kappa shape index (κ2) is 9.39. The second-order valence-corrected chi connectivity index (χ2v) is 9.83. The van der Waals surface area contributed by atoms with Crippen molar-refractivity contribution in [2.45, 2.75) is 52.1 Å². The molecule has 9 nitrogen and oxygen atoms in total. The molecule has 0 bridgehead atoms. The molecule has 0 spiro atoms. The van der Waals surface area contributed by atoms with Gasteiger partial charge in [-0.05, 0) is 91.0 Å². The van der Waals surface area contributed by atoms with Gasteiger partial charge in [0.25, 0.3) is 5.56 Å². The van der Waals surface area contributed by atoms with E-state index in [0.717, 1.165) is 65.0 Å². The number of pyridine rings is 1. The summed E-state index contributed by atoms with van der Waals surface area (Å²) in [6.45, 7) is 6.60. The van der Waals surface area contributed by atoms with E-state index in [4.69, 9.17) is 9.47 Å². The number of H-pyrrole nitrogens is 1. The summed E-state index contributed by atoms with van der Waals surface area (Å²) in [6.07, 6.45) is 4.56. The van der Waals surface area contributed by atoms with E-state index in [9.17, 15) is 4.79 Å². The zero-order valence-electron chi connectivity index (χ0n) is 20.7. The zero-order chi connectivity index (χ0) is 24.6. The fourth-order valence-electron chi connectivity index (χ4n) is 5.49. The van der Waals surface area contributed by atoms with Crippen LogP contribution >= 0.6 is 0 Å². The van der Waals surface area contributed by atoms with E-state index in [1.165, 1.54) is 12.8 Å². The van der Waals surface area contributed by atoms with Crippen molar-refractivity contribution in [3.05, 3.63) is 74.8 Å². The first kappa shape index (κ1) is 22.7. The van der Waals surface area contributed by atoms with E-state index in [0.29, 0.717) is 17.9 Å². The minimum atomic E-state index is -0.346. The first-order valence-electron chi connectivity index (χ1n) is 12.6. The van der Waals surface area contributed by atoms with Gasteiger partial charge in [-0.3, -0.25) is 9.69 Å². The number of hydrogen-bond acceptors (Lipinski definition) is 7. The molecule has 2 aliphatic heterocycles. The van der Waals surface area contributed by atoms with Crippen molar-refractivity contribution in [3.8, 4) is 11.5 Å². The average Bonchev–Trinajstić information content (AvgIpc) is 3.43. The Balaban J connectivity index is 1.45. The Hall–Kier alpha value is -3.72. The largest absolute Gasteiger partial charge is 0.454 e. The molecule has 1 fully saturated rings. The Labute approximate surface area is 209 Å². The van der Waals surface area contributed by atoms with Crippen LogP contribution in [0.15, 0.2) is 41.2 Å². The number of nitrogens with one attached hydrogen (secondary N) is 1. The van der Waals surface area contributed by atoms with E-state index in [-0.39, 0.29) is 18.4 Å². The van der Waals surface area contributed by atoms with Crippen LogP contribution in [-0.4, -0.2) is 50.0 Å². The third kappa shape index (κ3) is 4.24. The van der Waals surface area contributed by atoms with Crippen LogP contribution in [0.1, 0.15) is 59.8 Å². The fourth-order valence-corrected chi connectivity index (χ4v) is 5.49. The monoisotopic (exact) mass is 486 g/mol. The molecule has 2 aromatic carbocycles. The van der Waals surface area contributed by atoms with Crippen LogP contribution in [0.5, 0.6) is 11.5 Å². The number of ether oxygens (including phenoxy) is 2. The molecular formula is C27H30N6O3. The van der Waals surface area contributed by atoms with Gasteiger partial charge in [-0.2, -0.15) is 0 Å². The third-order valence-electron chi connectivity index (χ3n) is 7.20. The fraction of sp³-hybridized carbons (Fsp3) is 0.407. The Morgan fingerprint density at radius 2 is 1.81 bits per heavy atom. The number of fused-ring (bicyclic) bond motifs is 2. The summed E-state index contributed by atoms with van der Waals surface area (Å²) in [5.41, 5.74) is 4.69. The molecule has 1 atom stereocenters. The molecule has 4 aromatic rings. The number of aromatic amines is 1. The summed E-state index contributed by atoms with van der Waals surface area (Å²) >= 11 is 0. The molecule has 36 heavy (non-hydrogen) atoms. The van der Waals surface area contributed by atoms with Crippen LogP contribution < -0.4 is 15.0 Å². The van der Waals surface area contributed by atoms with Crippen LogP contribution in [0.2, 0.25) is 0 Å². The maximum Gasteiger partial charge on any atom is 0.253 e. The van der Waals surface area contributed by atoms with Gasteiger partial charge in [-0.1, -0.05) is 30.5 Å². The maximum absolute atomic E-state index is 13.5. The summed E-state index contributed by atoms with van der Waals surface area (Å²) in [5, 5.41) is 13.9. The molecule has 186 valence electrons. The Bertz CT molecular complexity index is 1470. The molecule has 2 aliphatic rings. The van der Waals surface area contributed by atoms with Crippen molar-refractivity contribution >= 4 is 10.9 Å². The summed E-state index contributed by atoms with van der Waals surface area (Å²) in [5.74, 6) is 2.14. The van der Waals surface area contributed by atoms with Gasteiger partial charge in [0.1, 0.15) is 6.04 Å².